The summed E-state index contributed by atoms with van der Waals surface area (Å²) in [5.74, 6) is 0. The van der Waals surface area contributed by atoms with E-state index in [1.54, 1.807) is 0 Å². The van der Waals surface area contributed by atoms with Crippen LogP contribution in [0.5, 0.6) is 0 Å². The lowest BCUT2D eigenvalue weighted by atomic mass is 9.71. The van der Waals surface area contributed by atoms with Crippen molar-refractivity contribution in [1.29, 1.82) is 0 Å². The van der Waals surface area contributed by atoms with Gasteiger partial charge in [-0.2, -0.15) is 0 Å². The van der Waals surface area contributed by atoms with Gasteiger partial charge in [0.15, 0.2) is 0 Å². The van der Waals surface area contributed by atoms with Crippen molar-refractivity contribution < 1.29 is 18.1 Å². The maximum absolute atomic E-state index is 11.4. The summed E-state index contributed by atoms with van der Waals surface area (Å²) in [4.78, 5) is 0. The van der Waals surface area contributed by atoms with Crippen LogP contribution >= 0.6 is 0 Å². The lowest BCUT2D eigenvalue weighted by Gasteiger charge is -2.28. The molecule has 1 N–H and O–H groups in total. The predicted molar refractivity (Wildman–Crippen MR) is 25.4 cm³/mol. The van der Waals surface area contributed by atoms with E-state index in [1.165, 1.54) is 0 Å². The third kappa shape index (κ3) is 1.73. The van der Waals surface area contributed by atoms with E-state index in [-0.39, 0.29) is 0 Å². The van der Waals surface area contributed by atoms with Crippen LogP contribution in [0.3, 0.4) is 0 Å². The number of halogens is 3. The van der Waals surface area contributed by atoms with E-state index in [2.05, 4.69) is 0 Å². The molecule has 0 atom stereocenters. The molecule has 0 aromatic carbocycles. The Morgan fingerprint density at radius 2 is 1.38 bits per heavy atom. The molecule has 0 aliphatic carbocycles. The van der Waals surface area contributed by atoms with E-state index in [1.807, 2.05) is 0 Å². The molecule has 0 radical (unpaired) electrons. The van der Waals surface area contributed by atoms with Gasteiger partial charge in [-0.15, -0.1) is 0 Å². The Kier molecular flexibility index (Phi) is 1.61. The van der Waals surface area contributed by atoms with Gasteiger partial charge in [0.05, 0.1) is 0 Å². The normalized spacial score (nSPS) is 14.2. The van der Waals surface area contributed by atoms with Gasteiger partial charge in [0.1, 0.15) is 0 Å². The number of rotatable bonds is 1. The van der Waals surface area contributed by atoms with Gasteiger partial charge >= 0.3 is 6.98 Å². The molecule has 0 rings (SSSR count). The third-order valence-electron chi connectivity index (χ3n) is 0.801. The van der Waals surface area contributed by atoms with Crippen molar-refractivity contribution in [3.8, 4) is 0 Å². The van der Waals surface area contributed by atoms with Crippen LogP contribution in [-0.4, -0.2) is 17.6 Å². The van der Waals surface area contributed by atoms with E-state index in [0.29, 0.717) is 0 Å². The third-order valence-corrected chi connectivity index (χ3v) is 0.801. The highest BCUT2D eigenvalue weighted by atomic mass is 19.4. The maximum atomic E-state index is 11.4. The largest absolute Gasteiger partial charge is 0.509 e. The zero-order valence-electron chi connectivity index (χ0n) is 4.66. The first-order valence-electron chi connectivity index (χ1n) is 2.17. The minimum absolute atomic E-state index is 0.729. The smallest absolute Gasteiger partial charge is 0.447 e. The van der Waals surface area contributed by atoms with Gasteiger partial charge < -0.3 is 18.1 Å². The molecule has 0 amide bonds. The second-order valence-electron chi connectivity index (χ2n) is 2.23. The summed E-state index contributed by atoms with van der Waals surface area (Å²) in [6, 6.07) is 0. The fraction of sp³-hybridized carbons (Fsp3) is 1.00. The molecule has 50 valence electrons. The topological polar surface area (TPSA) is 20.2 Å². The predicted octanol–water partition coefficient (Wildman–Crippen LogP) is 1.14. The maximum Gasteiger partial charge on any atom is 0.509 e. The molecular formula is C3H7BF3O-. The minimum atomic E-state index is -5.09. The average Bonchev–Trinajstić information content (AvgIpc) is 1.25. The lowest BCUT2D eigenvalue weighted by Crippen LogP contribution is -2.44. The second-order valence-corrected chi connectivity index (χ2v) is 2.23. The van der Waals surface area contributed by atoms with Crippen molar-refractivity contribution in [2.24, 2.45) is 0 Å². The van der Waals surface area contributed by atoms with Crippen molar-refractivity contribution in [3.05, 3.63) is 0 Å². The van der Waals surface area contributed by atoms with Gasteiger partial charge in [0.2, 0.25) is 0 Å². The fourth-order valence-electron chi connectivity index (χ4n) is 0. The molecule has 1 nitrogen and oxygen atoms in total. The van der Waals surface area contributed by atoms with Crippen LogP contribution in [-0.2, 0) is 0 Å². The molecule has 0 bridgehead atoms. The number of hydrogen-bond acceptors (Lipinski definition) is 1. The van der Waals surface area contributed by atoms with Gasteiger partial charge in [-0.25, -0.2) is 0 Å². The average molecular weight is 127 g/mol. The zero-order chi connectivity index (χ0) is 7.00. The number of hydrogen-bond donors (Lipinski definition) is 1. The molecule has 0 saturated heterocycles. The minimum Gasteiger partial charge on any atom is -0.447 e. The molecule has 5 heteroatoms. The Hall–Kier alpha value is -0.185. The second kappa shape index (κ2) is 1.65. The molecule has 0 unspecified atom stereocenters. The monoisotopic (exact) mass is 127 g/mol. The highest BCUT2D eigenvalue weighted by molar-refractivity contribution is 6.61. The number of aliphatic hydroxyl groups is 1. The Bertz CT molecular complexity index is 69.5. The summed E-state index contributed by atoms with van der Waals surface area (Å²) in [5, 5.41) is 8.26. The van der Waals surface area contributed by atoms with Crippen LogP contribution in [0.2, 0.25) is 0 Å². The van der Waals surface area contributed by atoms with Crippen LogP contribution in [0.25, 0.3) is 0 Å². The summed E-state index contributed by atoms with van der Waals surface area (Å²) >= 11 is 0. The standard InChI is InChI=1S/C3H7BF3O/c1-3(2,8)4(5,6)7/h8H,1-2H3/q-1. The molecule has 0 fully saturated rings. The summed E-state index contributed by atoms with van der Waals surface area (Å²) < 4.78 is 34.1. The van der Waals surface area contributed by atoms with E-state index < -0.39 is 12.5 Å². The summed E-state index contributed by atoms with van der Waals surface area (Å²) in [7, 11) is 0. The van der Waals surface area contributed by atoms with Gasteiger partial charge in [0, 0.05) is 5.50 Å². The Morgan fingerprint density at radius 1 is 1.25 bits per heavy atom. The Balaban J connectivity index is 4.02. The molecule has 0 spiro atoms. The zero-order valence-corrected chi connectivity index (χ0v) is 4.66. The van der Waals surface area contributed by atoms with Crippen molar-refractivity contribution in [2.75, 3.05) is 0 Å². The van der Waals surface area contributed by atoms with Crippen LogP contribution in [0.4, 0.5) is 12.9 Å². The van der Waals surface area contributed by atoms with Gasteiger partial charge in [-0.1, -0.05) is 13.8 Å². The first kappa shape index (κ1) is 7.81. The first-order chi connectivity index (χ1) is 3.25. The SMILES string of the molecule is CC(C)(O)[B-](F)(F)F. The fourth-order valence-corrected chi connectivity index (χ4v) is 0. The molecule has 0 heterocycles. The molecular weight excluding hydrogens is 120 g/mol. The summed E-state index contributed by atoms with van der Waals surface area (Å²) in [6.07, 6.45) is 0. The molecule has 0 aromatic rings. The molecule has 8 heavy (non-hydrogen) atoms. The molecule has 0 aliphatic rings. The van der Waals surface area contributed by atoms with Gasteiger partial charge in [0.25, 0.3) is 0 Å². The molecule has 0 aromatic heterocycles. The molecule has 0 saturated carbocycles. The highest BCUT2D eigenvalue weighted by Gasteiger charge is 2.40. The summed E-state index contributed by atoms with van der Waals surface area (Å²) in [5.41, 5.74) is -2.50. The lowest BCUT2D eigenvalue weighted by molar-refractivity contribution is 0.112. The van der Waals surface area contributed by atoms with Crippen molar-refractivity contribution in [3.63, 3.8) is 0 Å². The van der Waals surface area contributed by atoms with Crippen molar-refractivity contribution in [2.45, 2.75) is 19.3 Å². The quantitative estimate of drug-likeness (QED) is 0.523. The van der Waals surface area contributed by atoms with E-state index in [4.69, 9.17) is 5.11 Å². The molecule has 0 aliphatic heterocycles. The van der Waals surface area contributed by atoms with Crippen molar-refractivity contribution >= 4 is 6.98 Å². The van der Waals surface area contributed by atoms with Crippen LogP contribution < -0.4 is 0 Å². The van der Waals surface area contributed by atoms with E-state index in [9.17, 15) is 12.9 Å². The van der Waals surface area contributed by atoms with Crippen molar-refractivity contribution in [1.82, 2.24) is 0 Å². The van der Waals surface area contributed by atoms with Crippen LogP contribution in [0.1, 0.15) is 13.8 Å². The van der Waals surface area contributed by atoms with Gasteiger partial charge in [-0.05, 0) is 0 Å². The summed E-state index contributed by atoms with van der Waals surface area (Å²) in [6.45, 7) is -3.63. The van der Waals surface area contributed by atoms with Gasteiger partial charge in [-0.3, -0.25) is 0 Å². The first-order valence-corrected chi connectivity index (χ1v) is 2.17. The van der Waals surface area contributed by atoms with Crippen LogP contribution in [0.15, 0.2) is 0 Å². The Morgan fingerprint density at radius 3 is 1.38 bits per heavy atom. The van der Waals surface area contributed by atoms with E-state index >= 15 is 0 Å². The Labute approximate surface area is 45.6 Å². The van der Waals surface area contributed by atoms with E-state index in [0.717, 1.165) is 13.8 Å². The highest BCUT2D eigenvalue weighted by Crippen LogP contribution is 2.23. The van der Waals surface area contributed by atoms with Crippen LogP contribution in [0, 0.1) is 0 Å².